The molecule has 6 nitrogen and oxygen atoms in total. The molecule has 1 aromatic carbocycles. The molecule has 0 atom stereocenters. The Morgan fingerprint density at radius 2 is 1.86 bits per heavy atom. The van der Waals surface area contributed by atoms with Gasteiger partial charge in [0, 0.05) is 6.20 Å². The van der Waals surface area contributed by atoms with Crippen molar-refractivity contribution in [2.45, 2.75) is 0 Å². The van der Waals surface area contributed by atoms with Gasteiger partial charge in [0.15, 0.2) is 13.2 Å². The number of esters is 1. The van der Waals surface area contributed by atoms with Gasteiger partial charge in [-0.2, -0.15) is 0 Å². The highest BCUT2D eigenvalue weighted by molar-refractivity contribution is 6.30. The van der Waals surface area contributed by atoms with Crippen molar-refractivity contribution in [1.29, 1.82) is 0 Å². The maximum atomic E-state index is 11.6. The molecule has 0 radical (unpaired) electrons. The molecule has 0 saturated heterocycles. The number of anilines is 1. The number of hydrogen-bond donors (Lipinski definition) is 1. The van der Waals surface area contributed by atoms with Gasteiger partial charge in [0.2, 0.25) is 0 Å². The van der Waals surface area contributed by atoms with Gasteiger partial charge < -0.3 is 14.8 Å². The molecule has 114 valence electrons. The van der Waals surface area contributed by atoms with Gasteiger partial charge >= 0.3 is 5.97 Å². The number of amides is 1. The molecule has 0 fully saturated rings. The van der Waals surface area contributed by atoms with E-state index in [0.29, 0.717) is 16.6 Å². The van der Waals surface area contributed by atoms with Crippen LogP contribution in [0.3, 0.4) is 0 Å². The minimum Gasteiger partial charge on any atom is -0.482 e. The van der Waals surface area contributed by atoms with Crippen molar-refractivity contribution in [3.8, 4) is 5.75 Å². The Balaban J connectivity index is 1.69. The van der Waals surface area contributed by atoms with Crippen LogP contribution >= 0.6 is 11.6 Å². The van der Waals surface area contributed by atoms with Gasteiger partial charge in [-0.15, -0.1) is 0 Å². The Bertz CT molecular complexity index is 632. The lowest BCUT2D eigenvalue weighted by molar-refractivity contribution is -0.149. The van der Waals surface area contributed by atoms with Gasteiger partial charge in [-0.3, -0.25) is 4.79 Å². The molecule has 0 aliphatic carbocycles. The molecule has 1 heterocycles. The van der Waals surface area contributed by atoms with Crippen LogP contribution < -0.4 is 10.1 Å². The van der Waals surface area contributed by atoms with Crippen LogP contribution in [0.25, 0.3) is 0 Å². The molecule has 0 aliphatic rings. The van der Waals surface area contributed by atoms with Crippen LogP contribution in [0, 0.1) is 0 Å². The summed E-state index contributed by atoms with van der Waals surface area (Å²) in [7, 11) is 0. The van der Waals surface area contributed by atoms with Crippen LogP contribution in [0.5, 0.6) is 5.75 Å². The molecule has 0 saturated carbocycles. The molecule has 0 unspecified atom stereocenters. The summed E-state index contributed by atoms with van der Waals surface area (Å²) in [5.41, 5.74) is 0. The highest BCUT2D eigenvalue weighted by Gasteiger charge is 2.09. The van der Waals surface area contributed by atoms with Crippen molar-refractivity contribution in [1.82, 2.24) is 4.98 Å². The normalized spacial score (nSPS) is 9.86. The highest BCUT2D eigenvalue weighted by atomic mass is 35.5. The van der Waals surface area contributed by atoms with E-state index in [-0.39, 0.29) is 6.61 Å². The molecule has 0 spiro atoms. The molecular formula is C15H13ClN2O4. The SMILES string of the molecule is O=C(COC(=O)COc1ccccc1)Nc1ccc(Cl)cn1. The number of nitrogens with zero attached hydrogens (tertiary/aromatic N) is 1. The van der Waals surface area contributed by atoms with E-state index in [1.807, 2.05) is 6.07 Å². The maximum absolute atomic E-state index is 11.6. The molecule has 7 heteroatoms. The smallest absolute Gasteiger partial charge is 0.344 e. The Morgan fingerprint density at radius 3 is 2.55 bits per heavy atom. The van der Waals surface area contributed by atoms with Crippen LogP contribution in [-0.2, 0) is 14.3 Å². The average Bonchev–Trinajstić information content (AvgIpc) is 2.54. The number of aromatic nitrogens is 1. The number of halogens is 1. The standard InChI is InChI=1S/C15H13ClN2O4/c16-11-6-7-13(17-8-11)18-14(19)9-22-15(20)10-21-12-4-2-1-3-5-12/h1-8H,9-10H2,(H,17,18,19). The van der Waals surface area contributed by atoms with E-state index in [0.717, 1.165) is 0 Å². The van der Waals surface area contributed by atoms with E-state index in [1.165, 1.54) is 6.20 Å². The van der Waals surface area contributed by atoms with Gasteiger partial charge in [0.1, 0.15) is 11.6 Å². The number of rotatable bonds is 6. The van der Waals surface area contributed by atoms with Crippen molar-refractivity contribution >= 4 is 29.3 Å². The van der Waals surface area contributed by atoms with E-state index in [2.05, 4.69) is 10.3 Å². The fourth-order valence-corrected chi connectivity index (χ4v) is 1.59. The maximum Gasteiger partial charge on any atom is 0.344 e. The highest BCUT2D eigenvalue weighted by Crippen LogP contribution is 2.09. The first-order chi connectivity index (χ1) is 10.6. The first-order valence-electron chi connectivity index (χ1n) is 6.38. The van der Waals surface area contributed by atoms with Crippen molar-refractivity contribution in [3.63, 3.8) is 0 Å². The summed E-state index contributed by atoms with van der Waals surface area (Å²) in [6.45, 7) is -0.683. The quantitative estimate of drug-likeness (QED) is 0.826. The van der Waals surface area contributed by atoms with Gasteiger partial charge in [0.05, 0.1) is 5.02 Å². The summed E-state index contributed by atoms with van der Waals surface area (Å²) in [6.07, 6.45) is 1.40. The summed E-state index contributed by atoms with van der Waals surface area (Å²) in [4.78, 5) is 26.9. The third-order valence-electron chi connectivity index (χ3n) is 2.46. The van der Waals surface area contributed by atoms with Crippen LogP contribution in [0.15, 0.2) is 48.7 Å². The van der Waals surface area contributed by atoms with E-state index >= 15 is 0 Å². The monoisotopic (exact) mass is 320 g/mol. The zero-order chi connectivity index (χ0) is 15.8. The molecule has 2 rings (SSSR count). The Morgan fingerprint density at radius 1 is 1.09 bits per heavy atom. The lowest BCUT2D eigenvalue weighted by atomic mass is 10.3. The minimum absolute atomic E-state index is 0.267. The summed E-state index contributed by atoms with van der Waals surface area (Å²) < 4.78 is 9.99. The van der Waals surface area contributed by atoms with Crippen LogP contribution in [0.4, 0.5) is 5.82 Å². The second kappa shape index (κ2) is 7.99. The second-order valence-corrected chi connectivity index (χ2v) is 4.61. The second-order valence-electron chi connectivity index (χ2n) is 4.17. The first-order valence-corrected chi connectivity index (χ1v) is 6.76. The van der Waals surface area contributed by atoms with Gasteiger partial charge in [-0.25, -0.2) is 9.78 Å². The topological polar surface area (TPSA) is 77.5 Å². The van der Waals surface area contributed by atoms with Crippen molar-refractivity contribution in [2.75, 3.05) is 18.5 Å². The van der Waals surface area contributed by atoms with Gasteiger partial charge in [-0.1, -0.05) is 29.8 Å². The molecule has 22 heavy (non-hydrogen) atoms. The summed E-state index contributed by atoms with van der Waals surface area (Å²) in [5.74, 6) is -0.258. The predicted molar refractivity (Wildman–Crippen MR) is 80.8 cm³/mol. The number of para-hydroxylation sites is 1. The molecule has 2 aromatic rings. The van der Waals surface area contributed by atoms with Gasteiger partial charge in [-0.05, 0) is 24.3 Å². The van der Waals surface area contributed by atoms with E-state index in [4.69, 9.17) is 21.1 Å². The third-order valence-corrected chi connectivity index (χ3v) is 2.68. The number of nitrogens with one attached hydrogen (secondary N) is 1. The van der Waals surface area contributed by atoms with Crippen molar-refractivity contribution in [3.05, 3.63) is 53.7 Å². The molecule has 0 bridgehead atoms. The van der Waals surface area contributed by atoms with Crippen LogP contribution in [0.2, 0.25) is 5.02 Å². The van der Waals surface area contributed by atoms with E-state index < -0.39 is 18.5 Å². The van der Waals surface area contributed by atoms with Gasteiger partial charge in [0.25, 0.3) is 5.91 Å². The molecular weight excluding hydrogens is 308 g/mol. The summed E-state index contributed by atoms with van der Waals surface area (Å²) in [6, 6.07) is 12.0. The largest absolute Gasteiger partial charge is 0.482 e. The van der Waals surface area contributed by atoms with Crippen molar-refractivity contribution < 1.29 is 19.1 Å². The summed E-state index contributed by atoms with van der Waals surface area (Å²) >= 11 is 5.68. The average molecular weight is 321 g/mol. The molecule has 1 aromatic heterocycles. The fraction of sp³-hybridized carbons (Fsp3) is 0.133. The zero-order valence-electron chi connectivity index (χ0n) is 11.5. The predicted octanol–water partition coefficient (Wildman–Crippen LogP) is 2.30. The van der Waals surface area contributed by atoms with E-state index in [1.54, 1.807) is 36.4 Å². The minimum atomic E-state index is -0.636. The van der Waals surface area contributed by atoms with Crippen LogP contribution in [-0.4, -0.2) is 30.1 Å². The third kappa shape index (κ3) is 5.41. The number of pyridine rings is 1. The number of benzene rings is 1. The molecule has 1 N–H and O–H groups in total. The molecule has 1 amide bonds. The van der Waals surface area contributed by atoms with Crippen molar-refractivity contribution in [2.24, 2.45) is 0 Å². The zero-order valence-corrected chi connectivity index (χ0v) is 12.2. The lowest BCUT2D eigenvalue weighted by Gasteiger charge is -2.07. The lowest BCUT2D eigenvalue weighted by Crippen LogP contribution is -2.24. The number of carbonyl (C=O) groups is 2. The Labute approximate surface area is 132 Å². The fourth-order valence-electron chi connectivity index (χ4n) is 1.48. The summed E-state index contributed by atoms with van der Waals surface area (Å²) in [5, 5.41) is 2.93. The van der Waals surface area contributed by atoms with E-state index in [9.17, 15) is 9.59 Å². The Kier molecular flexibility index (Phi) is 5.73. The number of ether oxygens (including phenoxy) is 2. The first kappa shape index (κ1) is 15.8. The van der Waals surface area contributed by atoms with Crippen LogP contribution in [0.1, 0.15) is 0 Å². The molecule has 0 aliphatic heterocycles. The number of hydrogen-bond acceptors (Lipinski definition) is 5. The number of carbonyl (C=O) groups excluding carboxylic acids is 2. The Hall–Kier alpha value is -2.60.